The summed E-state index contributed by atoms with van der Waals surface area (Å²) < 4.78 is 14.5. The van der Waals surface area contributed by atoms with E-state index in [-0.39, 0.29) is 6.42 Å². The molecule has 6 heteroatoms. The lowest BCUT2D eigenvalue weighted by Crippen LogP contribution is -2.49. The fourth-order valence-electron chi connectivity index (χ4n) is 2.59. The van der Waals surface area contributed by atoms with Gasteiger partial charge in [0.1, 0.15) is 5.82 Å². The Morgan fingerprint density at radius 2 is 1.88 bits per heavy atom. The summed E-state index contributed by atoms with van der Waals surface area (Å²) in [7, 11) is 0. The van der Waals surface area contributed by atoms with Crippen molar-refractivity contribution in [3.05, 3.63) is 59.9 Å². The lowest BCUT2D eigenvalue weighted by Gasteiger charge is -2.22. The topological polar surface area (TPSA) is 69.2 Å². The third-order valence-corrected chi connectivity index (χ3v) is 4.83. The number of benzene rings is 2. The number of aliphatic carboxylic acids is 1. The van der Waals surface area contributed by atoms with Gasteiger partial charge in [-0.3, -0.25) is 4.79 Å². The van der Waals surface area contributed by atoms with Gasteiger partial charge in [-0.15, -0.1) is 0 Å². The summed E-state index contributed by atoms with van der Waals surface area (Å²) in [5, 5.41) is 13.6. The molecule has 0 unspecified atom stereocenters. The Balaban J connectivity index is 2.13. The van der Waals surface area contributed by atoms with Gasteiger partial charge in [0.15, 0.2) is 0 Å². The highest BCUT2D eigenvalue weighted by Gasteiger charge is 2.21. The predicted octanol–water partition coefficient (Wildman–Crippen LogP) is 2.58. The van der Waals surface area contributed by atoms with Gasteiger partial charge in [-0.05, 0) is 42.5 Å². The van der Waals surface area contributed by atoms with Crippen LogP contribution in [-0.4, -0.2) is 29.9 Å². The number of hydrogen-bond donors (Lipinski definition) is 1. The average molecular weight is 374 g/mol. The predicted molar refractivity (Wildman–Crippen MR) is 100 cm³/mol. The highest BCUT2D eigenvalue weighted by Crippen LogP contribution is 2.26. The number of carbonyl (C=O) groups excluding carboxylic acids is 2. The molecule has 0 aliphatic carbocycles. The highest BCUT2D eigenvalue weighted by molar-refractivity contribution is 7.98. The quantitative estimate of drug-likeness (QED) is 0.771. The van der Waals surface area contributed by atoms with Gasteiger partial charge in [-0.25, -0.2) is 4.39 Å². The summed E-state index contributed by atoms with van der Waals surface area (Å²) in [5.74, 6) is -2.29. The molecule has 26 heavy (non-hydrogen) atoms. The summed E-state index contributed by atoms with van der Waals surface area (Å²) in [6.45, 7) is 1.62. The molecule has 0 saturated heterocycles. The van der Waals surface area contributed by atoms with E-state index in [2.05, 4.69) is 5.32 Å². The largest absolute Gasteiger partial charge is 0.548 e. The van der Waals surface area contributed by atoms with Crippen LogP contribution in [0, 0.1) is 5.82 Å². The first-order chi connectivity index (χ1) is 12.4. The number of carboxylic acids is 1. The van der Waals surface area contributed by atoms with Crippen LogP contribution in [0.4, 0.5) is 4.39 Å². The Morgan fingerprint density at radius 3 is 2.46 bits per heavy atom. The molecule has 0 fully saturated rings. The minimum Gasteiger partial charge on any atom is -0.548 e. The monoisotopic (exact) mass is 374 g/mol. The van der Waals surface area contributed by atoms with Gasteiger partial charge < -0.3 is 15.2 Å². The molecule has 0 aliphatic rings. The minimum atomic E-state index is -1.31. The summed E-state index contributed by atoms with van der Waals surface area (Å²) in [6, 6.07) is 12.7. The van der Waals surface area contributed by atoms with E-state index in [4.69, 9.17) is 0 Å². The summed E-state index contributed by atoms with van der Waals surface area (Å²) >= 11 is 1.49. The zero-order valence-electron chi connectivity index (χ0n) is 14.7. The van der Waals surface area contributed by atoms with Crippen LogP contribution in [0.15, 0.2) is 48.5 Å². The van der Waals surface area contributed by atoms with Crippen LogP contribution in [0.2, 0.25) is 0 Å². The lowest BCUT2D eigenvalue weighted by molar-refractivity contribution is -0.308. The van der Waals surface area contributed by atoms with Gasteiger partial charge in [-0.1, -0.05) is 42.5 Å². The second kappa shape index (κ2) is 9.38. The van der Waals surface area contributed by atoms with Gasteiger partial charge in [0.2, 0.25) is 5.91 Å². The molecule has 0 saturated carbocycles. The Morgan fingerprint density at radius 1 is 1.19 bits per heavy atom. The van der Waals surface area contributed by atoms with Crippen molar-refractivity contribution in [3.63, 3.8) is 0 Å². The van der Waals surface area contributed by atoms with Crippen LogP contribution in [0.5, 0.6) is 0 Å². The second-order valence-electron chi connectivity index (χ2n) is 5.99. The molecule has 0 aliphatic heterocycles. The first-order valence-corrected chi connectivity index (χ1v) is 9.68. The molecular weight excluding hydrogens is 353 g/mol. The van der Waals surface area contributed by atoms with Gasteiger partial charge >= 0.3 is 0 Å². The molecule has 0 bridgehead atoms. The van der Waals surface area contributed by atoms with E-state index in [1.54, 1.807) is 19.1 Å². The van der Waals surface area contributed by atoms with Crippen molar-refractivity contribution < 1.29 is 19.1 Å². The van der Waals surface area contributed by atoms with Crippen LogP contribution in [0.3, 0.4) is 0 Å². The smallest absolute Gasteiger partial charge is 0.227 e. The Bertz CT molecular complexity index is 767. The van der Waals surface area contributed by atoms with Crippen molar-refractivity contribution in [3.8, 4) is 11.1 Å². The van der Waals surface area contributed by atoms with E-state index in [0.717, 1.165) is 5.56 Å². The van der Waals surface area contributed by atoms with E-state index in [1.807, 2.05) is 36.6 Å². The van der Waals surface area contributed by atoms with Crippen LogP contribution >= 0.6 is 11.8 Å². The molecule has 1 N–H and O–H groups in total. The van der Waals surface area contributed by atoms with Crippen molar-refractivity contribution in [1.82, 2.24) is 5.32 Å². The second-order valence-corrected chi connectivity index (χ2v) is 6.97. The van der Waals surface area contributed by atoms with E-state index in [1.165, 1.54) is 17.8 Å². The third kappa shape index (κ3) is 5.08. The molecule has 0 aromatic heterocycles. The first kappa shape index (κ1) is 20.0. The molecule has 2 rings (SSSR count). The number of thioether (sulfide) groups is 1. The highest BCUT2D eigenvalue weighted by atomic mass is 32.2. The summed E-state index contributed by atoms with van der Waals surface area (Å²) in [5.41, 5.74) is 1.69. The number of halogens is 1. The summed E-state index contributed by atoms with van der Waals surface area (Å²) in [4.78, 5) is 23.5. The Hall–Kier alpha value is -2.34. The number of nitrogens with one attached hydrogen (secondary N) is 1. The van der Waals surface area contributed by atoms with Crippen molar-refractivity contribution in [1.29, 1.82) is 0 Å². The van der Waals surface area contributed by atoms with E-state index in [0.29, 0.717) is 16.9 Å². The zero-order chi connectivity index (χ0) is 19.1. The minimum absolute atomic E-state index is 0.281. The Kier molecular flexibility index (Phi) is 7.21. The van der Waals surface area contributed by atoms with Crippen LogP contribution in [0.25, 0.3) is 11.1 Å². The fraction of sp³-hybridized carbons (Fsp3) is 0.300. The molecule has 4 nitrogen and oxygen atoms in total. The molecule has 138 valence electrons. The third-order valence-electron chi connectivity index (χ3n) is 4.18. The number of carbonyl (C=O) groups is 2. The Labute approximate surface area is 156 Å². The average Bonchev–Trinajstić information content (AvgIpc) is 2.64. The molecule has 0 heterocycles. The molecule has 0 spiro atoms. The number of carboxylic acid groups (broad SMARTS) is 1. The number of amides is 1. The lowest BCUT2D eigenvalue weighted by atomic mass is 9.96. The van der Waals surface area contributed by atoms with Gasteiger partial charge in [0.25, 0.3) is 0 Å². The van der Waals surface area contributed by atoms with E-state index >= 15 is 0 Å². The van der Waals surface area contributed by atoms with Gasteiger partial charge in [0.05, 0.1) is 17.9 Å². The van der Waals surface area contributed by atoms with Crippen molar-refractivity contribution in [2.45, 2.75) is 25.3 Å². The molecule has 2 aromatic carbocycles. The summed E-state index contributed by atoms with van der Waals surface area (Å²) in [6.07, 6.45) is 2.14. The van der Waals surface area contributed by atoms with Gasteiger partial charge in [0, 0.05) is 5.56 Å². The molecule has 0 radical (unpaired) electrons. The van der Waals surface area contributed by atoms with E-state index in [9.17, 15) is 19.1 Å². The van der Waals surface area contributed by atoms with Crippen molar-refractivity contribution in [2.75, 3.05) is 12.0 Å². The van der Waals surface area contributed by atoms with Crippen LogP contribution in [-0.2, 0) is 9.59 Å². The molecule has 1 amide bonds. The fourth-order valence-corrected chi connectivity index (χ4v) is 3.06. The SMILES string of the molecule is CSCC[C@H](NC(=O)[C@H](C)c1ccc(-c2ccccc2)c(F)c1)C(=O)[O-]. The maximum Gasteiger partial charge on any atom is 0.227 e. The standard InChI is InChI=1S/C20H22FNO3S/c1-13(19(23)22-18(20(24)25)10-11-26-2)15-8-9-16(17(21)12-15)14-6-4-3-5-7-14/h3-9,12-13,18H,10-11H2,1-2H3,(H,22,23)(H,24,25)/p-1/t13-,18+/m1/s1. The van der Waals surface area contributed by atoms with E-state index < -0.39 is 29.7 Å². The zero-order valence-corrected chi connectivity index (χ0v) is 15.5. The molecule has 2 atom stereocenters. The van der Waals surface area contributed by atoms with Gasteiger partial charge in [-0.2, -0.15) is 11.8 Å². The molecule has 2 aromatic rings. The first-order valence-electron chi connectivity index (χ1n) is 8.29. The van der Waals surface area contributed by atoms with Crippen molar-refractivity contribution in [2.24, 2.45) is 0 Å². The normalized spacial score (nSPS) is 13.0. The number of hydrogen-bond acceptors (Lipinski definition) is 4. The number of rotatable bonds is 8. The maximum atomic E-state index is 14.5. The van der Waals surface area contributed by atoms with Crippen LogP contribution in [0.1, 0.15) is 24.8 Å². The molecular formula is C20H21FNO3S-. The van der Waals surface area contributed by atoms with Crippen LogP contribution < -0.4 is 10.4 Å². The van der Waals surface area contributed by atoms with Crippen molar-refractivity contribution >= 4 is 23.6 Å². The maximum absolute atomic E-state index is 14.5.